The van der Waals surface area contributed by atoms with Crippen molar-refractivity contribution in [2.24, 2.45) is 0 Å². The van der Waals surface area contributed by atoms with Gasteiger partial charge in [0.15, 0.2) is 0 Å². The quantitative estimate of drug-likeness (QED) is 0.803. The van der Waals surface area contributed by atoms with E-state index in [1.54, 1.807) is 32.2 Å². The van der Waals surface area contributed by atoms with Gasteiger partial charge in [-0.2, -0.15) is 0 Å². The summed E-state index contributed by atoms with van der Waals surface area (Å²) in [6.07, 6.45) is 2.24. The van der Waals surface area contributed by atoms with Crippen LogP contribution in [0.4, 0.5) is 0 Å². The lowest BCUT2D eigenvalue weighted by Crippen LogP contribution is -2.23. The Kier molecular flexibility index (Phi) is 4.34. The van der Waals surface area contributed by atoms with Crippen LogP contribution in [0.3, 0.4) is 0 Å². The molecule has 0 amide bonds. The number of hydrogen-bond acceptors (Lipinski definition) is 4. The Morgan fingerprint density at radius 3 is 2.85 bits per heavy atom. The maximum absolute atomic E-state index is 12.1. The number of aromatic nitrogens is 2. The van der Waals surface area contributed by atoms with E-state index in [4.69, 9.17) is 4.74 Å². The molecule has 0 fully saturated rings. The molecule has 0 spiro atoms. The fourth-order valence-corrected chi connectivity index (χ4v) is 2.17. The molecule has 0 atom stereocenters. The first kappa shape index (κ1) is 14.5. The Hall–Kier alpha value is -1.95. The van der Waals surface area contributed by atoms with Gasteiger partial charge in [-0.25, -0.2) is 4.98 Å². The second kappa shape index (κ2) is 6.00. The molecule has 20 heavy (non-hydrogen) atoms. The van der Waals surface area contributed by atoms with Crippen LogP contribution in [0.1, 0.15) is 21.6 Å². The number of benzene rings is 1. The number of carbonyl (C=O) groups excluding carboxylic acids is 1. The molecule has 2 aromatic rings. The van der Waals surface area contributed by atoms with Crippen molar-refractivity contribution in [1.29, 1.82) is 0 Å². The van der Waals surface area contributed by atoms with Crippen LogP contribution in [0, 0.1) is 6.92 Å². The number of carbonyl (C=O) groups is 1. The number of aryl methyl sites for hydroxylation is 1. The van der Waals surface area contributed by atoms with Gasteiger partial charge in [0.25, 0.3) is 5.56 Å². The van der Waals surface area contributed by atoms with Crippen LogP contribution >= 0.6 is 15.9 Å². The molecule has 5 nitrogen and oxygen atoms in total. The van der Waals surface area contributed by atoms with Gasteiger partial charge in [-0.1, -0.05) is 0 Å². The summed E-state index contributed by atoms with van der Waals surface area (Å²) in [4.78, 5) is 27.1. The fourth-order valence-electron chi connectivity index (χ4n) is 1.84. The average molecular weight is 337 g/mol. The highest BCUT2D eigenvalue weighted by molar-refractivity contribution is 9.10. The molecule has 0 unspecified atom stereocenters. The van der Waals surface area contributed by atoms with Gasteiger partial charge in [0, 0.05) is 11.1 Å². The van der Waals surface area contributed by atoms with Gasteiger partial charge >= 0.3 is 0 Å². The lowest BCUT2D eigenvalue weighted by molar-refractivity contribution is 0.112. The number of halogens is 1. The van der Waals surface area contributed by atoms with Crippen molar-refractivity contribution in [1.82, 2.24) is 9.55 Å². The minimum Gasteiger partial charge on any atom is -0.496 e. The minimum atomic E-state index is -0.170. The van der Waals surface area contributed by atoms with E-state index in [0.717, 1.165) is 11.8 Å². The number of methoxy groups -OCH3 is 1. The lowest BCUT2D eigenvalue weighted by atomic mass is 10.1. The molecule has 1 aromatic heterocycles. The Bertz CT molecular complexity index is 710. The number of nitrogens with zero attached hydrogens (tertiary/aromatic N) is 2. The summed E-state index contributed by atoms with van der Waals surface area (Å²) in [5.74, 6) is 0.624. The smallest absolute Gasteiger partial charge is 0.268 e. The summed E-state index contributed by atoms with van der Waals surface area (Å²) in [6.45, 7) is 2.04. The second-order valence-electron chi connectivity index (χ2n) is 4.27. The molecule has 1 heterocycles. The van der Waals surface area contributed by atoms with E-state index < -0.39 is 0 Å². The molecule has 0 saturated heterocycles. The average Bonchev–Trinajstić information content (AvgIpc) is 2.47. The zero-order valence-corrected chi connectivity index (χ0v) is 12.7. The van der Waals surface area contributed by atoms with E-state index >= 15 is 0 Å². The maximum atomic E-state index is 12.1. The van der Waals surface area contributed by atoms with Crippen LogP contribution in [0.2, 0.25) is 0 Å². The molecule has 0 aliphatic heterocycles. The molecule has 1 aromatic carbocycles. The largest absolute Gasteiger partial charge is 0.496 e. The van der Waals surface area contributed by atoms with Crippen molar-refractivity contribution in [3.05, 3.63) is 56.2 Å². The third-order valence-corrected chi connectivity index (χ3v) is 3.85. The fraction of sp³-hybridized carbons (Fsp3) is 0.214. The van der Waals surface area contributed by atoms with Gasteiger partial charge in [-0.3, -0.25) is 14.2 Å². The van der Waals surface area contributed by atoms with E-state index in [-0.39, 0.29) is 12.1 Å². The number of hydrogen-bond donors (Lipinski definition) is 0. The molecule has 0 saturated carbocycles. The predicted molar refractivity (Wildman–Crippen MR) is 78.4 cm³/mol. The highest BCUT2D eigenvalue weighted by atomic mass is 79.9. The molecular weight excluding hydrogens is 324 g/mol. The van der Waals surface area contributed by atoms with Gasteiger partial charge in [0.1, 0.15) is 16.5 Å². The normalized spacial score (nSPS) is 10.3. The molecule has 0 N–H and O–H groups in total. The molecular formula is C14H13BrN2O3. The number of rotatable bonds is 4. The minimum absolute atomic E-state index is 0.170. The Morgan fingerprint density at radius 1 is 1.45 bits per heavy atom. The highest BCUT2D eigenvalue weighted by Crippen LogP contribution is 2.20. The van der Waals surface area contributed by atoms with Crippen molar-refractivity contribution in [2.45, 2.75) is 13.5 Å². The van der Waals surface area contributed by atoms with Crippen molar-refractivity contribution in [3.63, 3.8) is 0 Å². The van der Waals surface area contributed by atoms with Crippen LogP contribution in [-0.4, -0.2) is 22.9 Å². The van der Waals surface area contributed by atoms with Crippen molar-refractivity contribution in [2.75, 3.05) is 7.11 Å². The third-order valence-electron chi connectivity index (χ3n) is 2.94. The van der Waals surface area contributed by atoms with Crippen LogP contribution in [0.5, 0.6) is 5.75 Å². The lowest BCUT2D eigenvalue weighted by Gasteiger charge is -2.11. The van der Waals surface area contributed by atoms with Crippen molar-refractivity contribution in [3.8, 4) is 5.75 Å². The number of ether oxygens (including phenoxy) is 1. The highest BCUT2D eigenvalue weighted by Gasteiger charge is 2.09. The molecule has 2 rings (SSSR count). The SMILES string of the molecule is COc1ccc(C=O)cc1Cn1cnc(C)c(Br)c1=O. The standard InChI is InChI=1S/C14H13BrN2O3/c1-9-13(15)14(19)17(8-16-9)6-11-5-10(7-18)3-4-12(11)20-2/h3-5,7-8H,6H2,1-2H3. The van der Waals surface area contributed by atoms with Crippen LogP contribution < -0.4 is 10.3 Å². The van der Waals surface area contributed by atoms with Crippen LogP contribution in [-0.2, 0) is 6.54 Å². The first-order valence-electron chi connectivity index (χ1n) is 5.90. The molecule has 0 radical (unpaired) electrons. The predicted octanol–water partition coefficient (Wildman–Crippen LogP) is 2.18. The van der Waals surface area contributed by atoms with Gasteiger partial charge in [0.2, 0.25) is 0 Å². The zero-order chi connectivity index (χ0) is 14.7. The van der Waals surface area contributed by atoms with Gasteiger partial charge in [0.05, 0.1) is 25.7 Å². The van der Waals surface area contributed by atoms with E-state index in [1.807, 2.05) is 0 Å². The van der Waals surface area contributed by atoms with Gasteiger partial charge < -0.3 is 4.74 Å². The summed E-state index contributed by atoms with van der Waals surface area (Å²) < 4.78 is 7.14. The Balaban J connectivity index is 2.46. The van der Waals surface area contributed by atoms with E-state index in [1.165, 1.54) is 10.9 Å². The van der Waals surface area contributed by atoms with Gasteiger partial charge in [-0.15, -0.1) is 0 Å². The van der Waals surface area contributed by atoms with E-state index in [0.29, 0.717) is 21.5 Å². The molecule has 0 aliphatic rings. The first-order chi connectivity index (χ1) is 9.56. The van der Waals surface area contributed by atoms with Crippen molar-refractivity contribution >= 4 is 22.2 Å². The Labute approximate surface area is 124 Å². The molecule has 0 aliphatic carbocycles. The zero-order valence-electron chi connectivity index (χ0n) is 11.1. The van der Waals surface area contributed by atoms with E-state index in [9.17, 15) is 9.59 Å². The summed E-state index contributed by atoms with van der Waals surface area (Å²) in [6, 6.07) is 5.08. The van der Waals surface area contributed by atoms with Gasteiger partial charge in [-0.05, 0) is 41.1 Å². The first-order valence-corrected chi connectivity index (χ1v) is 6.69. The summed E-state index contributed by atoms with van der Waals surface area (Å²) in [5.41, 5.74) is 1.75. The maximum Gasteiger partial charge on any atom is 0.268 e. The van der Waals surface area contributed by atoms with Crippen LogP contribution in [0.25, 0.3) is 0 Å². The van der Waals surface area contributed by atoms with E-state index in [2.05, 4.69) is 20.9 Å². The molecule has 6 heteroatoms. The summed E-state index contributed by atoms with van der Waals surface area (Å²) in [7, 11) is 1.55. The van der Waals surface area contributed by atoms with Crippen LogP contribution in [0.15, 0.2) is 33.8 Å². The monoisotopic (exact) mass is 336 g/mol. The molecule has 104 valence electrons. The summed E-state index contributed by atoms with van der Waals surface area (Å²) >= 11 is 3.22. The topological polar surface area (TPSA) is 61.2 Å². The molecule has 0 bridgehead atoms. The second-order valence-corrected chi connectivity index (χ2v) is 5.06. The number of aldehydes is 1. The summed E-state index contributed by atoms with van der Waals surface area (Å²) in [5, 5.41) is 0. The van der Waals surface area contributed by atoms with Crippen molar-refractivity contribution < 1.29 is 9.53 Å². The third kappa shape index (κ3) is 2.80. The Morgan fingerprint density at radius 2 is 2.20 bits per heavy atom.